The van der Waals surface area contributed by atoms with Crippen LogP contribution in [-0.4, -0.2) is 25.4 Å². The number of halogens is 1. The second-order valence-corrected chi connectivity index (χ2v) is 7.53. The molecule has 0 saturated carbocycles. The van der Waals surface area contributed by atoms with Crippen molar-refractivity contribution in [2.75, 3.05) is 6.61 Å². The molecule has 1 atom stereocenters. The van der Waals surface area contributed by atoms with Gasteiger partial charge in [-0.05, 0) is 0 Å². The van der Waals surface area contributed by atoms with E-state index in [1.54, 1.807) is 0 Å². The Kier molecular flexibility index (Phi) is 4.52. The topological polar surface area (TPSA) is 20.2 Å². The third-order valence-corrected chi connectivity index (χ3v) is 3.00. The van der Waals surface area contributed by atoms with Crippen LogP contribution in [0.15, 0.2) is 0 Å². The van der Waals surface area contributed by atoms with Crippen LogP contribution in [-0.2, 0) is 0 Å². The molecule has 0 aliphatic rings. The molecule has 0 saturated heterocycles. The van der Waals surface area contributed by atoms with E-state index < -0.39 is 13.7 Å². The predicted molar refractivity (Wildman–Crippen MR) is 29.4 cm³/mol. The van der Waals surface area contributed by atoms with Gasteiger partial charge in [0.15, 0.2) is 0 Å². The maximum atomic E-state index is 8.19. The fourth-order valence-corrected chi connectivity index (χ4v) is 1.11. The van der Waals surface area contributed by atoms with Crippen molar-refractivity contribution >= 4 is 23.7 Å². The molecule has 1 unspecified atom stereocenters. The van der Waals surface area contributed by atoms with Gasteiger partial charge < -0.3 is 0 Å². The molecule has 0 fully saturated rings. The first kappa shape index (κ1) is 6.81. The van der Waals surface area contributed by atoms with E-state index in [0.29, 0.717) is 0 Å². The second-order valence-electron chi connectivity index (χ2n) is 1.05. The fraction of sp³-hybridized carbons (Fsp3) is 1.00. The molecule has 0 aromatic heterocycles. The van der Waals surface area contributed by atoms with Crippen molar-refractivity contribution < 1.29 is 5.11 Å². The fourth-order valence-electron chi connectivity index (χ4n) is 0.138. The Hall–Kier alpha value is 0.808. The van der Waals surface area contributed by atoms with Crippen LogP contribution in [0.1, 0.15) is 0 Å². The summed E-state index contributed by atoms with van der Waals surface area (Å²) >= 11 is -1.00. The monoisotopic (exact) mass is 170 g/mol. The summed E-state index contributed by atoms with van der Waals surface area (Å²) in [5, 5.41) is 9.03. The van der Waals surface area contributed by atoms with Gasteiger partial charge in [0.1, 0.15) is 0 Å². The number of aliphatic hydroxyl groups is 1. The molecule has 1 nitrogen and oxygen atoms in total. The molecule has 38 valence electrons. The van der Waals surface area contributed by atoms with Gasteiger partial charge in [-0.25, -0.2) is 0 Å². The summed E-state index contributed by atoms with van der Waals surface area (Å²) in [6.07, 6.45) is 0. The summed E-state index contributed by atoms with van der Waals surface area (Å²) in [5.41, 5.74) is 2.00. The molecular formula is C3H8AsClO. The van der Waals surface area contributed by atoms with Crippen LogP contribution in [0.5, 0.6) is 0 Å². The van der Waals surface area contributed by atoms with Gasteiger partial charge in [-0.2, -0.15) is 0 Å². The molecule has 6 heavy (non-hydrogen) atoms. The van der Waals surface area contributed by atoms with Crippen molar-refractivity contribution in [1.82, 2.24) is 0 Å². The van der Waals surface area contributed by atoms with Crippen LogP contribution in [0.2, 0.25) is 10.9 Å². The summed E-state index contributed by atoms with van der Waals surface area (Å²) in [6.45, 7) is 0.264. The Balaban J connectivity index is 2.63. The van der Waals surface area contributed by atoms with Gasteiger partial charge in [0, 0.05) is 0 Å². The average Bonchev–Trinajstić information content (AvgIpc) is 1.35. The van der Waals surface area contributed by atoms with Crippen LogP contribution >= 0.6 is 9.95 Å². The molecule has 0 aromatic rings. The van der Waals surface area contributed by atoms with Crippen molar-refractivity contribution in [1.29, 1.82) is 0 Å². The van der Waals surface area contributed by atoms with E-state index in [-0.39, 0.29) is 6.61 Å². The summed E-state index contributed by atoms with van der Waals surface area (Å²) in [4.78, 5) is 0. The van der Waals surface area contributed by atoms with Crippen molar-refractivity contribution in [3.8, 4) is 0 Å². The number of rotatable bonds is 2. The van der Waals surface area contributed by atoms with Gasteiger partial charge in [-0.3, -0.25) is 0 Å². The SMILES string of the molecule is C[As](Cl)CCO. The normalized spacial score (nSPS) is 14.5. The molecule has 3 heteroatoms. The van der Waals surface area contributed by atoms with Gasteiger partial charge >= 0.3 is 46.3 Å². The number of aliphatic hydroxyl groups excluding tert-OH is 1. The Bertz CT molecular complexity index is 32.0. The standard InChI is InChI=1S/C3H8AsClO/c1-4(5)2-3-6/h6H,2-3H2,1H3. The van der Waals surface area contributed by atoms with Crippen molar-refractivity contribution in [2.24, 2.45) is 0 Å². The molecule has 0 spiro atoms. The molecule has 0 amide bonds. The van der Waals surface area contributed by atoms with Crippen LogP contribution in [0, 0.1) is 0 Å². The molecule has 0 aliphatic carbocycles. The number of hydrogen-bond donors (Lipinski definition) is 1. The predicted octanol–water partition coefficient (Wildman–Crippen LogP) is 0.839. The van der Waals surface area contributed by atoms with Crippen LogP contribution in [0.25, 0.3) is 0 Å². The first-order valence-electron chi connectivity index (χ1n) is 1.75. The average molecular weight is 170 g/mol. The molecule has 0 heterocycles. The molecule has 0 rings (SSSR count). The van der Waals surface area contributed by atoms with Crippen LogP contribution in [0.3, 0.4) is 0 Å². The molecule has 0 radical (unpaired) electrons. The van der Waals surface area contributed by atoms with E-state index >= 15 is 0 Å². The van der Waals surface area contributed by atoms with E-state index in [2.05, 4.69) is 0 Å². The van der Waals surface area contributed by atoms with Crippen molar-refractivity contribution in [3.63, 3.8) is 0 Å². The van der Waals surface area contributed by atoms with Crippen LogP contribution < -0.4 is 0 Å². The Morgan fingerprint density at radius 2 is 2.33 bits per heavy atom. The Morgan fingerprint density at radius 3 is 2.33 bits per heavy atom. The van der Waals surface area contributed by atoms with E-state index in [9.17, 15) is 0 Å². The summed E-state index contributed by atoms with van der Waals surface area (Å²) in [7, 11) is 5.56. The van der Waals surface area contributed by atoms with Gasteiger partial charge in [0.05, 0.1) is 0 Å². The minimum atomic E-state index is -1.00. The quantitative estimate of drug-likeness (QED) is 0.609. The van der Waals surface area contributed by atoms with Gasteiger partial charge in [-0.1, -0.05) is 0 Å². The summed E-state index contributed by atoms with van der Waals surface area (Å²) < 4.78 is 0. The van der Waals surface area contributed by atoms with E-state index in [0.717, 1.165) is 5.21 Å². The third kappa shape index (κ3) is 4.81. The zero-order valence-electron chi connectivity index (χ0n) is 3.69. The van der Waals surface area contributed by atoms with Crippen LogP contribution in [0.4, 0.5) is 0 Å². The molecule has 0 bridgehead atoms. The van der Waals surface area contributed by atoms with Crippen molar-refractivity contribution in [2.45, 2.75) is 10.9 Å². The van der Waals surface area contributed by atoms with Gasteiger partial charge in [-0.15, -0.1) is 0 Å². The molecular weight excluding hydrogens is 162 g/mol. The first-order valence-corrected chi connectivity index (χ1v) is 7.42. The zero-order chi connectivity index (χ0) is 4.99. The zero-order valence-corrected chi connectivity index (χ0v) is 6.32. The first-order chi connectivity index (χ1) is 2.77. The van der Waals surface area contributed by atoms with E-state index in [1.807, 2.05) is 5.71 Å². The van der Waals surface area contributed by atoms with E-state index in [1.165, 1.54) is 0 Å². The Morgan fingerprint density at radius 1 is 1.83 bits per heavy atom. The third-order valence-electron chi connectivity index (χ3n) is 0.408. The number of hydrogen-bond acceptors (Lipinski definition) is 1. The van der Waals surface area contributed by atoms with E-state index in [4.69, 9.17) is 15.1 Å². The summed E-state index contributed by atoms with van der Waals surface area (Å²) in [6, 6.07) is 0. The molecule has 0 aliphatic heterocycles. The van der Waals surface area contributed by atoms with Gasteiger partial charge in [0.25, 0.3) is 0 Å². The second kappa shape index (κ2) is 3.98. The summed E-state index contributed by atoms with van der Waals surface area (Å²) in [5.74, 6) is 0. The Labute approximate surface area is 46.7 Å². The molecule has 1 N–H and O–H groups in total. The van der Waals surface area contributed by atoms with Gasteiger partial charge in [0.2, 0.25) is 0 Å². The maximum absolute atomic E-state index is 8.19. The minimum absolute atomic E-state index is 0.264. The molecule has 0 aromatic carbocycles. The van der Waals surface area contributed by atoms with Crippen molar-refractivity contribution in [3.05, 3.63) is 0 Å².